The average molecular weight is 498 g/mol. The number of hydrogen-bond donors (Lipinski definition) is 1. The number of carbonyl (C=O) groups excluding carboxylic acids is 2. The van der Waals surface area contributed by atoms with Crippen molar-refractivity contribution >= 4 is 35.0 Å². The predicted octanol–water partition coefficient (Wildman–Crippen LogP) is 3.67. The first kappa shape index (κ1) is 24.7. The summed E-state index contributed by atoms with van der Waals surface area (Å²) in [7, 11) is 0. The Balaban J connectivity index is 1.45. The normalized spacial score (nSPS) is 13.5. The maximum atomic E-state index is 13.4. The number of rotatable bonds is 8. The van der Waals surface area contributed by atoms with Gasteiger partial charge in [0.15, 0.2) is 5.16 Å². The Morgan fingerprint density at radius 2 is 1.74 bits per heavy atom. The van der Waals surface area contributed by atoms with Gasteiger partial charge in [0.2, 0.25) is 5.91 Å². The van der Waals surface area contributed by atoms with Crippen LogP contribution in [0.4, 0.5) is 15.8 Å². The van der Waals surface area contributed by atoms with Crippen LogP contribution in [-0.4, -0.2) is 71.9 Å². The number of aromatic nitrogens is 2. The van der Waals surface area contributed by atoms with Crippen molar-refractivity contribution in [1.29, 1.82) is 0 Å². The van der Waals surface area contributed by atoms with Gasteiger partial charge in [0, 0.05) is 36.7 Å². The third kappa shape index (κ3) is 5.83. The Kier molecular flexibility index (Phi) is 8.04. The standard InChI is InChI=1S/C25H28FN5O3S/c1-3-29(17-23(32)28-19-6-10-20(11-7-19)30-12-14-34-15-13-30)24(33)22-16-27-25(35-2)31(22)21-8-4-18(26)5-9-21/h4-11,16H,3,12-15,17H2,1-2H3,(H,28,32). The summed E-state index contributed by atoms with van der Waals surface area (Å²) in [6, 6.07) is 13.5. The van der Waals surface area contributed by atoms with Gasteiger partial charge in [-0.05, 0) is 61.7 Å². The summed E-state index contributed by atoms with van der Waals surface area (Å²) < 4.78 is 20.5. The molecule has 35 heavy (non-hydrogen) atoms. The molecule has 1 saturated heterocycles. The zero-order valence-corrected chi connectivity index (χ0v) is 20.6. The van der Waals surface area contributed by atoms with Crippen LogP contribution in [0.3, 0.4) is 0 Å². The number of nitrogens with zero attached hydrogens (tertiary/aromatic N) is 4. The van der Waals surface area contributed by atoms with E-state index < -0.39 is 0 Å². The van der Waals surface area contributed by atoms with Crippen molar-refractivity contribution in [3.05, 3.63) is 66.2 Å². The van der Waals surface area contributed by atoms with Gasteiger partial charge in [0.05, 0.1) is 19.4 Å². The molecule has 1 N–H and O–H groups in total. The number of thioether (sulfide) groups is 1. The molecule has 0 spiro atoms. The Bertz CT molecular complexity index is 1160. The summed E-state index contributed by atoms with van der Waals surface area (Å²) in [5.74, 6) is -0.989. The highest BCUT2D eigenvalue weighted by molar-refractivity contribution is 7.98. The quantitative estimate of drug-likeness (QED) is 0.479. The lowest BCUT2D eigenvalue weighted by atomic mass is 10.2. The maximum Gasteiger partial charge on any atom is 0.272 e. The molecule has 2 aromatic carbocycles. The molecule has 0 aliphatic carbocycles. The number of morpholine rings is 1. The van der Waals surface area contributed by atoms with Crippen LogP contribution in [0.15, 0.2) is 59.9 Å². The molecule has 1 aliphatic rings. The van der Waals surface area contributed by atoms with E-state index >= 15 is 0 Å². The van der Waals surface area contributed by atoms with Crippen LogP contribution in [0.5, 0.6) is 0 Å². The fourth-order valence-corrected chi connectivity index (χ4v) is 4.45. The number of carbonyl (C=O) groups is 2. The number of imidazole rings is 1. The third-order valence-corrected chi connectivity index (χ3v) is 6.40. The number of nitrogens with one attached hydrogen (secondary N) is 1. The number of anilines is 2. The van der Waals surface area contributed by atoms with Gasteiger partial charge in [-0.25, -0.2) is 9.37 Å². The van der Waals surface area contributed by atoms with Gasteiger partial charge in [0.1, 0.15) is 18.1 Å². The summed E-state index contributed by atoms with van der Waals surface area (Å²) in [5.41, 5.74) is 2.68. The Hall–Kier alpha value is -3.37. The second kappa shape index (κ2) is 11.4. The molecule has 184 valence electrons. The molecule has 1 fully saturated rings. The summed E-state index contributed by atoms with van der Waals surface area (Å²) >= 11 is 1.38. The Morgan fingerprint density at radius 3 is 2.37 bits per heavy atom. The van der Waals surface area contributed by atoms with Gasteiger partial charge < -0.3 is 19.9 Å². The van der Waals surface area contributed by atoms with Crippen LogP contribution in [0.25, 0.3) is 5.69 Å². The van der Waals surface area contributed by atoms with Crippen molar-refractivity contribution in [3.8, 4) is 5.69 Å². The molecule has 2 heterocycles. The molecule has 0 saturated carbocycles. The molecule has 10 heteroatoms. The largest absolute Gasteiger partial charge is 0.378 e. The van der Waals surface area contributed by atoms with Crippen LogP contribution in [0, 0.1) is 5.82 Å². The summed E-state index contributed by atoms with van der Waals surface area (Å²) in [6.45, 7) is 5.14. The molecule has 0 atom stereocenters. The van der Waals surface area contributed by atoms with E-state index in [1.54, 1.807) is 16.7 Å². The summed E-state index contributed by atoms with van der Waals surface area (Å²) in [4.78, 5) is 34.1. The van der Waals surface area contributed by atoms with E-state index in [0.29, 0.717) is 42.0 Å². The molecule has 1 aromatic heterocycles. The third-order valence-electron chi connectivity index (χ3n) is 5.75. The van der Waals surface area contributed by atoms with Gasteiger partial charge in [-0.15, -0.1) is 0 Å². The number of halogens is 1. The van der Waals surface area contributed by atoms with Gasteiger partial charge in [-0.3, -0.25) is 14.2 Å². The van der Waals surface area contributed by atoms with Crippen LogP contribution in [0.2, 0.25) is 0 Å². The fraction of sp³-hybridized carbons (Fsp3) is 0.320. The minimum Gasteiger partial charge on any atom is -0.378 e. The van der Waals surface area contributed by atoms with Crippen LogP contribution < -0.4 is 10.2 Å². The van der Waals surface area contributed by atoms with Crippen molar-refractivity contribution in [2.24, 2.45) is 0 Å². The molecule has 2 amide bonds. The van der Waals surface area contributed by atoms with Gasteiger partial charge in [0.25, 0.3) is 5.91 Å². The fourth-order valence-electron chi connectivity index (χ4n) is 3.91. The van der Waals surface area contributed by atoms with Crippen molar-refractivity contribution < 1.29 is 18.7 Å². The monoisotopic (exact) mass is 497 g/mol. The summed E-state index contributed by atoms with van der Waals surface area (Å²) in [6.07, 6.45) is 3.34. The number of benzene rings is 2. The van der Waals surface area contributed by atoms with E-state index in [9.17, 15) is 14.0 Å². The van der Waals surface area contributed by atoms with Crippen LogP contribution >= 0.6 is 11.8 Å². The molecule has 3 aromatic rings. The van der Waals surface area contributed by atoms with E-state index in [1.165, 1.54) is 35.0 Å². The highest BCUT2D eigenvalue weighted by atomic mass is 32.2. The first-order chi connectivity index (χ1) is 17.0. The van der Waals surface area contributed by atoms with Gasteiger partial charge >= 0.3 is 0 Å². The van der Waals surface area contributed by atoms with E-state index in [4.69, 9.17) is 4.74 Å². The van der Waals surface area contributed by atoms with Crippen molar-refractivity contribution in [3.63, 3.8) is 0 Å². The molecular weight excluding hydrogens is 469 g/mol. The summed E-state index contributed by atoms with van der Waals surface area (Å²) in [5, 5.41) is 3.47. The highest BCUT2D eigenvalue weighted by Crippen LogP contribution is 2.23. The molecule has 4 rings (SSSR count). The lowest BCUT2D eigenvalue weighted by Gasteiger charge is -2.29. The maximum absolute atomic E-state index is 13.4. The van der Waals surface area contributed by atoms with E-state index in [1.807, 2.05) is 37.4 Å². The smallest absolute Gasteiger partial charge is 0.272 e. The molecule has 0 radical (unpaired) electrons. The number of amides is 2. The number of ether oxygens (including phenoxy) is 1. The molecule has 0 bridgehead atoms. The van der Waals surface area contributed by atoms with Gasteiger partial charge in [-0.1, -0.05) is 11.8 Å². The van der Waals surface area contributed by atoms with E-state index in [0.717, 1.165) is 18.8 Å². The minimum absolute atomic E-state index is 0.107. The van der Waals surface area contributed by atoms with Crippen LogP contribution in [-0.2, 0) is 9.53 Å². The van der Waals surface area contributed by atoms with Gasteiger partial charge in [-0.2, -0.15) is 0 Å². The van der Waals surface area contributed by atoms with Crippen molar-refractivity contribution in [1.82, 2.24) is 14.5 Å². The lowest BCUT2D eigenvalue weighted by molar-refractivity contribution is -0.116. The molecule has 1 aliphatic heterocycles. The zero-order valence-electron chi connectivity index (χ0n) is 19.7. The van der Waals surface area contributed by atoms with Crippen molar-refractivity contribution in [2.45, 2.75) is 12.1 Å². The second-order valence-corrected chi connectivity index (χ2v) is 8.73. The topological polar surface area (TPSA) is 79.7 Å². The number of likely N-dealkylation sites (N-methyl/N-ethyl adjacent to an activating group) is 1. The SMILES string of the molecule is CCN(CC(=O)Nc1ccc(N2CCOCC2)cc1)C(=O)c1cnc(SC)n1-c1ccc(F)cc1. The minimum atomic E-state index is -0.364. The van der Waals surface area contributed by atoms with E-state index in [2.05, 4.69) is 15.2 Å². The molecule has 8 nitrogen and oxygen atoms in total. The second-order valence-electron chi connectivity index (χ2n) is 7.96. The Labute approximate surface area is 208 Å². The van der Waals surface area contributed by atoms with Crippen molar-refractivity contribution in [2.75, 3.05) is 55.9 Å². The molecular formula is C25H28FN5O3S. The highest BCUT2D eigenvalue weighted by Gasteiger charge is 2.24. The first-order valence-corrected chi connectivity index (χ1v) is 12.6. The first-order valence-electron chi connectivity index (χ1n) is 11.4. The average Bonchev–Trinajstić information content (AvgIpc) is 3.32. The number of hydrogen-bond acceptors (Lipinski definition) is 6. The predicted molar refractivity (Wildman–Crippen MR) is 135 cm³/mol. The Morgan fingerprint density at radius 1 is 1.09 bits per heavy atom. The zero-order chi connectivity index (χ0) is 24.8. The molecule has 0 unspecified atom stereocenters. The van der Waals surface area contributed by atoms with Crippen LogP contribution in [0.1, 0.15) is 17.4 Å². The lowest BCUT2D eigenvalue weighted by Crippen LogP contribution is -2.38. The van der Waals surface area contributed by atoms with E-state index in [-0.39, 0.29) is 24.2 Å².